The third-order valence-electron chi connectivity index (χ3n) is 11.3. The number of allylic oxidation sites excluding steroid dienone is 6. The number of rotatable bonds is 23. The maximum atomic E-state index is 11.7. The van der Waals surface area contributed by atoms with E-state index in [-0.39, 0.29) is 5.78 Å². The molecule has 2 unspecified atom stereocenters. The molecule has 0 aliphatic heterocycles. The Morgan fingerprint density at radius 3 is 1.45 bits per heavy atom. The van der Waals surface area contributed by atoms with Gasteiger partial charge in [-0.2, -0.15) is 0 Å². The van der Waals surface area contributed by atoms with E-state index in [0.717, 1.165) is 74.2 Å². The summed E-state index contributed by atoms with van der Waals surface area (Å²) in [4.78, 5) is 22.9. The number of aryl methyl sites for hydroxylation is 3. The van der Waals surface area contributed by atoms with Crippen LogP contribution in [0.15, 0.2) is 110 Å². The van der Waals surface area contributed by atoms with Gasteiger partial charge in [0, 0.05) is 30.0 Å². The Bertz CT molecular complexity index is 2130. The fourth-order valence-electron chi connectivity index (χ4n) is 7.08. The number of Topliss-reactive ketones (excluding diaryl/α,β-unsaturated/α-hetero) is 1. The largest absolute Gasteiger partial charge is 0.493 e. The summed E-state index contributed by atoms with van der Waals surface area (Å²) in [7, 11) is 3.24. The number of nitrogens with zero attached hydrogens (tertiary/aromatic N) is 1. The predicted molar refractivity (Wildman–Crippen MR) is 299 cm³/mol. The highest BCUT2D eigenvalue weighted by Gasteiger charge is 2.13. The van der Waals surface area contributed by atoms with Crippen LogP contribution in [0.3, 0.4) is 0 Å². The van der Waals surface area contributed by atoms with E-state index in [0.29, 0.717) is 42.1 Å². The van der Waals surface area contributed by atoms with E-state index in [1.54, 1.807) is 27.2 Å². The van der Waals surface area contributed by atoms with E-state index < -0.39 is 0 Å². The molecule has 8 nitrogen and oxygen atoms in total. The van der Waals surface area contributed by atoms with Crippen molar-refractivity contribution in [2.45, 2.75) is 129 Å². The Hall–Kier alpha value is -6.02. The number of ketones is 1. The van der Waals surface area contributed by atoms with Gasteiger partial charge in [-0.3, -0.25) is 4.79 Å². The summed E-state index contributed by atoms with van der Waals surface area (Å²) in [6.07, 6.45) is 15.2. The van der Waals surface area contributed by atoms with Gasteiger partial charge in [-0.25, -0.2) is 0 Å². The van der Waals surface area contributed by atoms with Crippen LogP contribution in [0, 0.1) is 32.6 Å². The highest BCUT2D eigenvalue weighted by Crippen LogP contribution is 2.32. The molecule has 0 fully saturated rings. The van der Waals surface area contributed by atoms with Crippen LogP contribution in [0.4, 0.5) is 11.4 Å². The van der Waals surface area contributed by atoms with Crippen molar-refractivity contribution >= 4 is 34.6 Å². The number of hydrogen-bond acceptors (Lipinski definition) is 8. The van der Waals surface area contributed by atoms with Crippen LogP contribution in [0.2, 0.25) is 0 Å². The zero-order valence-electron chi connectivity index (χ0n) is 45.4. The maximum absolute atomic E-state index is 11.7. The van der Waals surface area contributed by atoms with Crippen molar-refractivity contribution in [3.63, 3.8) is 0 Å². The average molecular weight is 947 g/mol. The van der Waals surface area contributed by atoms with Crippen LogP contribution in [-0.4, -0.2) is 52.6 Å². The van der Waals surface area contributed by atoms with Gasteiger partial charge in [-0.1, -0.05) is 83.2 Å². The van der Waals surface area contributed by atoms with E-state index in [1.807, 2.05) is 63.3 Å². The molecule has 2 N–H and O–H groups in total. The summed E-state index contributed by atoms with van der Waals surface area (Å²) < 4.78 is 22.5. The third kappa shape index (κ3) is 23.7. The lowest BCUT2D eigenvalue weighted by Gasteiger charge is -2.23. The highest BCUT2D eigenvalue weighted by molar-refractivity contribution is 5.96. The molecule has 0 bridgehead atoms. The van der Waals surface area contributed by atoms with Crippen molar-refractivity contribution < 1.29 is 28.5 Å². The van der Waals surface area contributed by atoms with Gasteiger partial charge >= 0.3 is 0 Å². The van der Waals surface area contributed by atoms with Crippen molar-refractivity contribution in [2.75, 3.05) is 51.2 Å². The molecule has 0 aromatic heterocycles. The zero-order valence-corrected chi connectivity index (χ0v) is 45.4. The minimum Gasteiger partial charge on any atom is -0.493 e. The second kappa shape index (κ2) is 36.9. The fraction of sp³-hybridized carbons (Fsp3) is 0.443. The van der Waals surface area contributed by atoms with Crippen LogP contribution < -0.4 is 29.6 Å². The highest BCUT2D eigenvalue weighted by atomic mass is 16.5. The second-order valence-corrected chi connectivity index (χ2v) is 16.7. The van der Waals surface area contributed by atoms with Gasteiger partial charge in [-0.05, 0) is 193 Å². The lowest BCUT2D eigenvalue weighted by molar-refractivity contribution is -0.106. The summed E-state index contributed by atoms with van der Waals surface area (Å²) in [5.41, 5.74) is 17.1. The van der Waals surface area contributed by atoms with Crippen LogP contribution in [0.5, 0.6) is 23.0 Å². The van der Waals surface area contributed by atoms with Gasteiger partial charge in [0.2, 0.25) is 0 Å². The Morgan fingerprint density at radius 1 is 0.667 bits per heavy atom. The number of nitrogen functional groups attached to an aromatic ring is 1. The van der Waals surface area contributed by atoms with Gasteiger partial charge in [0.15, 0.2) is 28.8 Å². The standard InChI is InChI=1S/C24H32O5.C19H29N.C14H19N.C2H4O.C2H6/c1-16-12-21(26-5)23(13-17(16)2)28-10-8-7-9-11-29-24-14-18(3)20(19(4)25)15-22(24)27-6;1-6-14-20(9-4)19-12-10-18(11-13-19)17(8-3)15-16(5)7-2;1-4-11(3)10-12(5-2)13-6-8-14(15)9-7-13;1-2-3;1-2/h12-15H,7-11H2,1-6H3;7-8,10-13,16H,2,6,9,14-15H2,1,3-5H3;4-9,11H,1,10,15H2,2-3H3;2H,1H3;1-2H3/b;17-8+;12-5+;;. The molecule has 2 atom stereocenters. The Balaban J connectivity index is 0.00000101. The Morgan fingerprint density at radius 2 is 1.07 bits per heavy atom. The monoisotopic (exact) mass is 947 g/mol. The molecule has 0 aliphatic carbocycles. The molecule has 4 aromatic rings. The number of anilines is 2. The summed E-state index contributed by atoms with van der Waals surface area (Å²) in [6.45, 7) is 37.1. The molecule has 0 saturated heterocycles. The molecule has 0 spiro atoms. The maximum Gasteiger partial charge on any atom is 0.161 e. The topological polar surface area (TPSA) is 100 Å². The smallest absolute Gasteiger partial charge is 0.161 e. The summed E-state index contributed by atoms with van der Waals surface area (Å²) in [5, 5.41) is 0. The zero-order chi connectivity index (χ0) is 52.3. The number of unbranched alkanes of at least 4 members (excludes halogenated alkanes) is 2. The van der Waals surface area contributed by atoms with Crippen molar-refractivity contribution in [3.05, 3.63) is 144 Å². The third-order valence-corrected chi connectivity index (χ3v) is 11.3. The molecule has 0 radical (unpaired) electrons. The number of hydrogen-bond donors (Lipinski definition) is 1. The Kier molecular flexibility index (Phi) is 33.7. The summed E-state index contributed by atoms with van der Waals surface area (Å²) in [6, 6.07) is 24.7. The Labute approximate surface area is 419 Å². The lowest BCUT2D eigenvalue weighted by Crippen LogP contribution is -2.23. The molecule has 69 heavy (non-hydrogen) atoms. The first-order chi connectivity index (χ1) is 33.1. The van der Waals surface area contributed by atoms with Gasteiger partial charge in [0.05, 0.1) is 27.4 Å². The number of carbonyl (C=O) groups is 2. The summed E-state index contributed by atoms with van der Waals surface area (Å²) in [5.74, 6) is 3.87. The van der Waals surface area contributed by atoms with Gasteiger partial charge in [0.1, 0.15) is 6.29 Å². The van der Waals surface area contributed by atoms with Crippen molar-refractivity contribution in [1.82, 2.24) is 0 Å². The van der Waals surface area contributed by atoms with Crippen LogP contribution >= 0.6 is 0 Å². The van der Waals surface area contributed by atoms with E-state index in [2.05, 4.69) is 122 Å². The van der Waals surface area contributed by atoms with Crippen LogP contribution in [0.1, 0.15) is 146 Å². The second-order valence-electron chi connectivity index (χ2n) is 16.7. The molecule has 4 rings (SSSR count). The minimum atomic E-state index is 0.0211. The first kappa shape index (κ1) is 63.0. The first-order valence-electron chi connectivity index (χ1n) is 24.9. The molecule has 380 valence electrons. The van der Waals surface area contributed by atoms with Gasteiger partial charge in [0.25, 0.3) is 0 Å². The molecule has 0 amide bonds. The number of aldehydes is 1. The van der Waals surface area contributed by atoms with Crippen molar-refractivity contribution in [3.8, 4) is 23.0 Å². The number of methoxy groups -OCH3 is 2. The molecule has 8 heteroatoms. The summed E-state index contributed by atoms with van der Waals surface area (Å²) >= 11 is 0. The molecule has 0 heterocycles. The van der Waals surface area contributed by atoms with E-state index >= 15 is 0 Å². The first-order valence-corrected chi connectivity index (χ1v) is 24.9. The van der Waals surface area contributed by atoms with Crippen LogP contribution in [0.25, 0.3) is 11.1 Å². The van der Waals surface area contributed by atoms with E-state index in [1.165, 1.54) is 52.4 Å². The predicted octanol–water partition coefficient (Wildman–Crippen LogP) is 16.1. The van der Waals surface area contributed by atoms with Crippen LogP contribution in [-0.2, 0) is 4.79 Å². The lowest BCUT2D eigenvalue weighted by atomic mass is 9.95. The van der Waals surface area contributed by atoms with E-state index in [9.17, 15) is 4.79 Å². The normalized spacial score (nSPS) is 11.5. The molecule has 0 aliphatic rings. The molecular formula is C61H90N2O6. The van der Waals surface area contributed by atoms with Gasteiger partial charge in [-0.15, -0.1) is 13.2 Å². The van der Waals surface area contributed by atoms with Crippen molar-refractivity contribution in [2.24, 2.45) is 11.8 Å². The molecular weight excluding hydrogens is 857 g/mol. The number of nitrogens with two attached hydrogens (primary N) is 1. The van der Waals surface area contributed by atoms with Gasteiger partial charge < -0.3 is 34.4 Å². The molecule has 4 aromatic carbocycles. The minimum absolute atomic E-state index is 0.0211. The molecule has 0 saturated carbocycles. The SMILES string of the molecule is C=CC(C)C/C(=C\C)c1ccc(N(CC)CCC)cc1.C=CC(C)C/C(=C\C)c1ccc(N)cc1.CC.CC=O.COc1cc(C)c(C)cc1OCCCCCOc1cc(C)c(C(C)=O)cc1OC. The van der Waals surface area contributed by atoms with Crippen molar-refractivity contribution in [1.29, 1.82) is 0 Å². The average Bonchev–Trinajstić information content (AvgIpc) is 3.36. The number of benzene rings is 4. The number of carbonyl (C=O) groups excluding carboxylic acids is 2. The number of ether oxygens (including phenoxy) is 4. The fourth-order valence-corrected chi connectivity index (χ4v) is 7.08. The quantitative estimate of drug-likeness (QED) is 0.0258. The van der Waals surface area contributed by atoms with E-state index in [4.69, 9.17) is 29.5 Å².